The summed E-state index contributed by atoms with van der Waals surface area (Å²) in [6, 6.07) is 0.647. The Hall–Kier alpha value is -1.43. The highest BCUT2D eigenvalue weighted by Crippen LogP contribution is 2.07. The third-order valence-corrected chi connectivity index (χ3v) is 2.48. The van der Waals surface area contributed by atoms with Gasteiger partial charge in [-0.25, -0.2) is 0 Å². The van der Waals surface area contributed by atoms with Gasteiger partial charge in [-0.3, -0.25) is 4.79 Å². The molecule has 0 bridgehead atoms. The van der Waals surface area contributed by atoms with Gasteiger partial charge in [-0.1, -0.05) is 0 Å². The summed E-state index contributed by atoms with van der Waals surface area (Å²) in [4.78, 5) is 13.7. The summed E-state index contributed by atoms with van der Waals surface area (Å²) in [7, 11) is 0. The van der Waals surface area contributed by atoms with Crippen molar-refractivity contribution < 1.29 is 4.79 Å². The van der Waals surface area contributed by atoms with Crippen LogP contribution in [-0.4, -0.2) is 51.4 Å². The summed E-state index contributed by atoms with van der Waals surface area (Å²) >= 11 is 0. The van der Waals surface area contributed by atoms with E-state index in [1.54, 1.807) is 0 Å². The average molecular weight is 209 g/mol. The molecular weight excluding hydrogens is 194 g/mol. The Labute approximate surface area is 88.0 Å². The second-order valence-electron chi connectivity index (χ2n) is 4.03. The first-order valence-electron chi connectivity index (χ1n) is 5.08. The first-order valence-corrected chi connectivity index (χ1v) is 5.08. The van der Waals surface area contributed by atoms with Crippen molar-refractivity contribution in [1.29, 1.82) is 0 Å². The summed E-state index contributed by atoms with van der Waals surface area (Å²) in [5, 5.41) is 13.3. The van der Waals surface area contributed by atoms with Crippen molar-refractivity contribution in [2.75, 3.05) is 13.1 Å². The lowest BCUT2D eigenvalue weighted by Gasteiger charge is -2.35. The third-order valence-electron chi connectivity index (χ3n) is 2.48. The molecule has 2 atom stereocenters. The molecule has 2 heterocycles. The number of carbonyl (C=O) groups is 1. The van der Waals surface area contributed by atoms with E-state index in [0.29, 0.717) is 17.8 Å². The van der Waals surface area contributed by atoms with Crippen LogP contribution in [0.5, 0.6) is 0 Å². The maximum absolute atomic E-state index is 11.9. The monoisotopic (exact) mass is 209 g/mol. The maximum Gasteiger partial charge on any atom is 0.276 e. The predicted molar refractivity (Wildman–Crippen MR) is 54.3 cm³/mol. The van der Waals surface area contributed by atoms with Crippen molar-refractivity contribution in [2.24, 2.45) is 0 Å². The van der Waals surface area contributed by atoms with E-state index in [-0.39, 0.29) is 5.91 Å². The molecule has 1 aromatic rings. The van der Waals surface area contributed by atoms with E-state index >= 15 is 0 Å². The number of nitrogens with zero attached hydrogens (tertiary/aromatic N) is 3. The van der Waals surface area contributed by atoms with Crippen LogP contribution >= 0.6 is 0 Å². The first kappa shape index (κ1) is 10.1. The fourth-order valence-corrected chi connectivity index (χ4v) is 1.96. The SMILES string of the molecule is CC1CN(C(=O)c2cn[nH]n2)CC(C)N1. The summed E-state index contributed by atoms with van der Waals surface area (Å²) in [6.45, 7) is 5.57. The lowest BCUT2D eigenvalue weighted by atomic mass is 10.1. The lowest BCUT2D eigenvalue weighted by Crippen LogP contribution is -2.55. The van der Waals surface area contributed by atoms with E-state index in [4.69, 9.17) is 0 Å². The largest absolute Gasteiger partial charge is 0.334 e. The van der Waals surface area contributed by atoms with Gasteiger partial charge in [-0.05, 0) is 13.8 Å². The molecule has 1 fully saturated rings. The van der Waals surface area contributed by atoms with Gasteiger partial charge < -0.3 is 10.2 Å². The first-order chi connectivity index (χ1) is 7.16. The third kappa shape index (κ3) is 2.15. The van der Waals surface area contributed by atoms with E-state index < -0.39 is 0 Å². The molecule has 1 amide bonds. The molecule has 2 rings (SSSR count). The second-order valence-corrected chi connectivity index (χ2v) is 4.03. The molecule has 6 nitrogen and oxygen atoms in total. The van der Waals surface area contributed by atoms with E-state index in [0.717, 1.165) is 13.1 Å². The maximum atomic E-state index is 11.9. The molecule has 2 unspecified atom stereocenters. The van der Waals surface area contributed by atoms with E-state index in [2.05, 4.69) is 34.6 Å². The Kier molecular flexibility index (Phi) is 2.68. The molecule has 1 aliphatic heterocycles. The Morgan fingerprint density at radius 2 is 2.13 bits per heavy atom. The average Bonchev–Trinajstić information content (AvgIpc) is 2.67. The Morgan fingerprint density at radius 3 is 2.67 bits per heavy atom. The minimum Gasteiger partial charge on any atom is -0.334 e. The van der Waals surface area contributed by atoms with Gasteiger partial charge in [-0.15, -0.1) is 0 Å². The molecule has 2 N–H and O–H groups in total. The van der Waals surface area contributed by atoms with Gasteiger partial charge in [0.25, 0.3) is 5.91 Å². The molecule has 0 aliphatic carbocycles. The highest BCUT2D eigenvalue weighted by Gasteiger charge is 2.26. The predicted octanol–water partition coefficient (Wildman–Crippen LogP) is -0.373. The topological polar surface area (TPSA) is 73.9 Å². The molecule has 0 aromatic carbocycles. The molecule has 1 saturated heterocycles. The molecule has 1 aromatic heterocycles. The number of H-pyrrole nitrogens is 1. The van der Waals surface area contributed by atoms with E-state index in [9.17, 15) is 4.79 Å². The quantitative estimate of drug-likeness (QED) is 0.661. The minimum atomic E-state index is -0.0519. The van der Waals surface area contributed by atoms with Crippen molar-refractivity contribution in [2.45, 2.75) is 25.9 Å². The fourth-order valence-electron chi connectivity index (χ4n) is 1.96. The molecule has 1 aliphatic rings. The van der Waals surface area contributed by atoms with Gasteiger partial charge in [0.15, 0.2) is 5.69 Å². The molecule has 15 heavy (non-hydrogen) atoms. The van der Waals surface area contributed by atoms with Crippen LogP contribution in [0.2, 0.25) is 0 Å². The molecular formula is C9H15N5O. The lowest BCUT2D eigenvalue weighted by molar-refractivity contribution is 0.0668. The summed E-state index contributed by atoms with van der Waals surface area (Å²) in [5.41, 5.74) is 0.385. The van der Waals surface area contributed by atoms with Crippen molar-refractivity contribution in [3.63, 3.8) is 0 Å². The van der Waals surface area contributed by atoms with E-state index in [1.807, 2.05) is 4.90 Å². The van der Waals surface area contributed by atoms with Crippen molar-refractivity contribution in [1.82, 2.24) is 25.6 Å². The van der Waals surface area contributed by atoms with Gasteiger partial charge in [0, 0.05) is 25.2 Å². The molecule has 6 heteroatoms. The smallest absolute Gasteiger partial charge is 0.276 e. The zero-order valence-corrected chi connectivity index (χ0v) is 8.90. The van der Waals surface area contributed by atoms with Crippen molar-refractivity contribution in [3.8, 4) is 0 Å². The highest BCUT2D eigenvalue weighted by molar-refractivity contribution is 5.92. The molecule has 0 saturated carbocycles. The number of aromatic amines is 1. The van der Waals surface area contributed by atoms with Gasteiger partial charge in [0.05, 0.1) is 6.20 Å². The van der Waals surface area contributed by atoms with Crippen molar-refractivity contribution >= 4 is 5.91 Å². The number of nitrogens with one attached hydrogen (secondary N) is 2. The van der Waals surface area contributed by atoms with Crippen LogP contribution in [0.25, 0.3) is 0 Å². The fraction of sp³-hybridized carbons (Fsp3) is 0.667. The number of piperazine rings is 1. The number of amides is 1. The minimum absolute atomic E-state index is 0.0519. The van der Waals surface area contributed by atoms with Crippen LogP contribution in [0.1, 0.15) is 24.3 Å². The molecule has 0 radical (unpaired) electrons. The standard InChI is InChI=1S/C9H15N5O/c1-6-4-14(5-7(2)11-6)9(15)8-3-10-13-12-8/h3,6-7,11H,4-5H2,1-2H3,(H,10,12,13). The number of hydrogen-bond donors (Lipinski definition) is 2. The Morgan fingerprint density at radius 1 is 1.47 bits per heavy atom. The number of aromatic nitrogens is 3. The van der Waals surface area contributed by atoms with Crippen LogP contribution < -0.4 is 5.32 Å². The summed E-state index contributed by atoms with van der Waals surface area (Å²) in [6.07, 6.45) is 1.46. The van der Waals surface area contributed by atoms with Gasteiger partial charge in [0.1, 0.15) is 0 Å². The van der Waals surface area contributed by atoms with Crippen LogP contribution in [0, 0.1) is 0 Å². The Bertz CT molecular complexity index is 326. The zero-order chi connectivity index (χ0) is 10.8. The normalized spacial score (nSPS) is 26.7. The van der Waals surface area contributed by atoms with Crippen LogP contribution in [0.3, 0.4) is 0 Å². The van der Waals surface area contributed by atoms with Gasteiger partial charge >= 0.3 is 0 Å². The van der Waals surface area contributed by atoms with Gasteiger partial charge in [-0.2, -0.15) is 15.4 Å². The molecule has 82 valence electrons. The Balaban J connectivity index is 2.07. The van der Waals surface area contributed by atoms with Gasteiger partial charge in [0.2, 0.25) is 0 Å². The number of rotatable bonds is 1. The van der Waals surface area contributed by atoms with E-state index in [1.165, 1.54) is 6.20 Å². The summed E-state index contributed by atoms with van der Waals surface area (Å²) in [5.74, 6) is -0.0519. The zero-order valence-electron chi connectivity index (χ0n) is 8.90. The van der Waals surface area contributed by atoms with Crippen LogP contribution in [0.4, 0.5) is 0 Å². The number of carbonyl (C=O) groups excluding carboxylic acids is 1. The van der Waals surface area contributed by atoms with Crippen LogP contribution in [0.15, 0.2) is 6.20 Å². The summed E-state index contributed by atoms with van der Waals surface area (Å²) < 4.78 is 0. The molecule has 0 spiro atoms. The second kappa shape index (κ2) is 3.98. The highest BCUT2D eigenvalue weighted by atomic mass is 16.2. The number of hydrogen-bond acceptors (Lipinski definition) is 4. The van der Waals surface area contributed by atoms with Crippen molar-refractivity contribution in [3.05, 3.63) is 11.9 Å². The van der Waals surface area contributed by atoms with Crippen LogP contribution in [-0.2, 0) is 0 Å².